The Kier molecular flexibility index (Phi) is 6.17. The lowest BCUT2D eigenvalue weighted by Crippen LogP contribution is -2.25. The second-order valence-electron chi connectivity index (χ2n) is 6.67. The lowest BCUT2D eigenvalue weighted by molar-refractivity contribution is -0.119. The quantitative estimate of drug-likeness (QED) is 0.532. The SMILES string of the molecule is Cc1nn(C(C)C(=O)Nc2cc(C)n(Cc3ccc(Cl)c(Cl)c3)n2)c(C)c1Br. The molecule has 0 spiro atoms. The minimum absolute atomic E-state index is 0.183. The number of aryl methyl sites for hydroxylation is 2. The van der Waals surface area contributed by atoms with Crippen LogP contribution in [0.1, 0.15) is 35.6 Å². The second-order valence-corrected chi connectivity index (χ2v) is 8.28. The smallest absolute Gasteiger partial charge is 0.250 e. The molecule has 1 aromatic carbocycles. The van der Waals surface area contributed by atoms with E-state index in [4.69, 9.17) is 23.2 Å². The molecular weight excluding hydrogens is 465 g/mol. The summed E-state index contributed by atoms with van der Waals surface area (Å²) >= 11 is 15.5. The van der Waals surface area contributed by atoms with Crippen LogP contribution in [0.4, 0.5) is 5.82 Å². The van der Waals surface area contributed by atoms with Gasteiger partial charge in [-0.3, -0.25) is 14.2 Å². The third-order valence-electron chi connectivity index (χ3n) is 4.53. The highest BCUT2D eigenvalue weighted by Gasteiger charge is 2.21. The summed E-state index contributed by atoms with van der Waals surface area (Å²) in [6.07, 6.45) is 0. The summed E-state index contributed by atoms with van der Waals surface area (Å²) in [5.41, 5.74) is 3.64. The molecule has 1 unspecified atom stereocenters. The van der Waals surface area contributed by atoms with E-state index in [0.717, 1.165) is 27.1 Å². The average molecular weight is 485 g/mol. The highest BCUT2D eigenvalue weighted by molar-refractivity contribution is 9.10. The maximum absolute atomic E-state index is 12.7. The van der Waals surface area contributed by atoms with Crippen molar-refractivity contribution in [2.24, 2.45) is 0 Å². The van der Waals surface area contributed by atoms with E-state index in [-0.39, 0.29) is 5.91 Å². The molecule has 0 aliphatic rings. The molecule has 1 N–H and O–H groups in total. The zero-order chi connectivity index (χ0) is 20.6. The van der Waals surface area contributed by atoms with Crippen molar-refractivity contribution in [3.05, 3.63) is 61.4 Å². The molecular formula is C19H20BrCl2N5O. The number of halogens is 3. The van der Waals surface area contributed by atoms with E-state index in [9.17, 15) is 4.79 Å². The number of carbonyl (C=O) groups excluding carboxylic acids is 1. The lowest BCUT2D eigenvalue weighted by atomic mass is 10.2. The van der Waals surface area contributed by atoms with Gasteiger partial charge in [-0.25, -0.2) is 0 Å². The molecule has 0 aliphatic heterocycles. The molecule has 0 fully saturated rings. The molecule has 148 valence electrons. The van der Waals surface area contributed by atoms with Gasteiger partial charge in [0.15, 0.2) is 5.82 Å². The molecule has 0 radical (unpaired) electrons. The third kappa shape index (κ3) is 4.26. The number of amides is 1. The van der Waals surface area contributed by atoms with Crippen LogP contribution >= 0.6 is 39.1 Å². The van der Waals surface area contributed by atoms with Gasteiger partial charge in [0.25, 0.3) is 0 Å². The van der Waals surface area contributed by atoms with Crippen LogP contribution in [0.3, 0.4) is 0 Å². The van der Waals surface area contributed by atoms with Crippen LogP contribution in [0, 0.1) is 20.8 Å². The first kappa shape index (κ1) is 20.9. The summed E-state index contributed by atoms with van der Waals surface area (Å²) < 4.78 is 4.42. The fraction of sp³-hybridized carbons (Fsp3) is 0.316. The van der Waals surface area contributed by atoms with Crippen molar-refractivity contribution in [3.8, 4) is 0 Å². The Morgan fingerprint density at radius 3 is 2.50 bits per heavy atom. The molecule has 1 amide bonds. The molecule has 0 saturated carbocycles. The van der Waals surface area contributed by atoms with Crippen LogP contribution in [0.2, 0.25) is 10.0 Å². The number of hydrogen-bond donors (Lipinski definition) is 1. The molecule has 9 heteroatoms. The van der Waals surface area contributed by atoms with Crippen LogP contribution in [-0.2, 0) is 11.3 Å². The van der Waals surface area contributed by atoms with Crippen molar-refractivity contribution in [2.45, 2.75) is 40.3 Å². The molecule has 3 rings (SSSR count). The van der Waals surface area contributed by atoms with Gasteiger partial charge in [-0.1, -0.05) is 29.3 Å². The molecule has 0 bridgehead atoms. The number of hydrogen-bond acceptors (Lipinski definition) is 3. The van der Waals surface area contributed by atoms with E-state index in [1.807, 2.05) is 39.0 Å². The van der Waals surface area contributed by atoms with Crippen molar-refractivity contribution in [1.29, 1.82) is 0 Å². The maximum atomic E-state index is 12.7. The number of benzene rings is 1. The van der Waals surface area contributed by atoms with Crippen LogP contribution in [0.5, 0.6) is 0 Å². The van der Waals surface area contributed by atoms with Gasteiger partial charge in [-0.05, 0) is 61.3 Å². The molecule has 2 aromatic heterocycles. The first-order valence-corrected chi connectivity index (χ1v) is 10.2. The lowest BCUT2D eigenvalue weighted by Gasteiger charge is -2.13. The number of nitrogens with zero attached hydrogens (tertiary/aromatic N) is 4. The molecule has 3 aromatic rings. The summed E-state index contributed by atoms with van der Waals surface area (Å²) in [7, 11) is 0. The molecule has 0 saturated heterocycles. The molecule has 28 heavy (non-hydrogen) atoms. The van der Waals surface area contributed by atoms with Gasteiger partial charge in [0.05, 0.1) is 32.5 Å². The zero-order valence-corrected chi connectivity index (χ0v) is 19.0. The van der Waals surface area contributed by atoms with Crippen molar-refractivity contribution in [3.63, 3.8) is 0 Å². The van der Waals surface area contributed by atoms with Gasteiger partial charge >= 0.3 is 0 Å². The van der Waals surface area contributed by atoms with Crippen LogP contribution in [0.15, 0.2) is 28.7 Å². The summed E-state index contributed by atoms with van der Waals surface area (Å²) in [5, 5.41) is 12.8. The number of nitrogens with one attached hydrogen (secondary N) is 1. The van der Waals surface area contributed by atoms with E-state index in [1.165, 1.54) is 0 Å². The van der Waals surface area contributed by atoms with E-state index in [1.54, 1.807) is 22.4 Å². The monoisotopic (exact) mass is 483 g/mol. The normalized spacial score (nSPS) is 12.2. The minimum Gasteiger partial charge on any atom is -0.307 e. The predicted molar refractivity (Wildman–Crippen MR) is 115 cm³/mol. The van der Waals surface area contributed by atoms with Gasteiger partial charge < -0.3 is 5.32 Å². The van der Waals surface area contributed by atoms with Crippen LogP contribution in [-0.4, -0.2) is 25.5 Å². The van der Waals surface area contributed by atoms with E-state index >= 15 is 0 Å². The zero-order valence-electron chi connectivity index (χ0n) is 15.9. The average Bonchev–Trinajstić information content (AvgIpc) is 3.11. The fourth-order valence-corrected chi connectivity index (χ4v) is 3.49. The first-order valence-electron chi connectivity index (χ1n) is 8.67. The molecule has 6 nitrogen and oxygen atoms in total. The maximum Gasteiger partial charge on any atom is 0.250 e. The second kappa shape index (κ2) is 8.27. The van der Waals surface area contributed by atoms with Crippen molar-refractivity contribution in [1.82, 2.24) is 19.6 Å². The van der Waals surface area contributed by atoms with Crippen LogP contribution in [0.25, 0.3) is 0 Å². The fourth-order valence-electron chi connectivity index (χ4n) is 2.90. The molecule has 0 aliphatic carbocycles. The van der Waals surface area contributed by atoms with Gasteiger partial charge in [0.1, 0.15) is 6.04 Å². The minimum atomic E-state index is -0.467. The Balaban J connectivity index is 1.74. The topological polar surface area (TPSA) is 64.7 Å². The highest BCUT2D eigenvalue weighted by Crippen LogP contribution is 2.25. The molecule has 1 atom stereocenters. The Morgan fingerprint density at radius 1 is 1.18 bits per heavy atom. The largest absolute Gasteiger partial charge is 0.307 e. The van der Waals surface area contributed by atoms with Crippen molar-refractivity contribution in [2.75, 3.05) is 5.32 Å². The van der Waals surface area contributed by atoms with E-state index in [2.05, 4.69) is 31.4 Å². The Morgan fingerprint density at radius 2 is 1.89 bits per heavy atom. The van der Waals surface area contributed by atoms with Gasteiger partial charge in [-0.2, -0.15) is 10.2 Å². The standard InChI is InChI=1S/C19H20BrCl2N5O/c1-10-7-17(25-26(10)9-14-5-6-15(21)16(22)8-14)23-19(28)13(4)27-12(3)18(20)11(2)24-27/h5-8,13H,9H2,1-4H3,(H,23,25,28). The highest BCUT2D eigenvalue weighted by atomic mass is 79.9. The number of carbonyl (C=O) groups is 1. The Bertz CT molecular complexity index is 1040. The van der Waals surface area contributed by atoms with Crippen molar-refractivity contribution >= 4 is 50.9 Å². The van der Waals surface area contributed by atoms with Gasteiger partial charge in [0, 0.05) is 11.8 Å². The Hall–Kier alpha value is -1.83. The summed E-state index contributed by atoms with van der Waals surface area (Å²) in [6.45, 7) is 8.08. The van der Waals surface area contributed by atoms with Gasteiger partial charge in [-0.15, -0.1) is 0 Å². The van der Waals surface area contributed by atoms with Gasteiger partial charge in [0.2, 0.25) is 5.91 Å². The van der Waals surface area contributed by atoms with E-state index < -0.39 is 6.04 Å². The van der Waals surface area contributed by atoms with Crippen molar-refractivity contribution < 1.29 is 4.79 Å². The Labute approximate surface area is 182 Å². The molecule has 2 heterocycles. The number of aromatic nitrogens is 4. The number of anilines is 1. The summed E-state index contributed by atoms with van der Waals surface area (Å²) in [4.78, 5) is 12.7. The van der Waals surface area contributed by atoms with Crippen LogP contribution < -0.4 is 5.32 Å². The first-order chi connectivity index (χ1) is 13.2. The summed E-state index contributed by atoms with van der Waals surface area (Å²) in [5.74, 6) is 0.312. The summed E-state index contributed by atoms with van der Waals surface area (Å²) in [6, 6.07) is 6.84. The number of rotatable bonds is 5. The predicted octanol–water partition coefficient (Wildman–Crippen LogP) is 5.32. The third-order valence-corrected chi connectivity index (χ3v) is 6.42. The van der Waals surface area contributed by atoms with E-state index in [0.29, 0.717) is 22.4 Å².